The molecule has 0 amide bonds. The molecule has 3 rings (SSSR count). The second kappa shape index (κ2) is 4.97. The molecule has 20 heavy (non-hydrogen) atoms. The van der Waals surface area contributed by atoms with Crippen molar-refractivity contribution >= 4 is 22.3 Å². The predicted octanol–water partition coefficient (Wildman–Crippen LogP) is 2.94. The molecule has 100 valence electrons. The molecule has 1 aromatic heterocycles. The summed E-state index contributed by atoms with van der Waals surface area (Å²) in [6.07, 6.45) is 0. The van der Waals surface area contributed by atoms with Crippen molar-refractivity contribution in [1.29, 1.82) is 0 Å². The third-order valence-corrected chi connectivity index (χ3v) is 2.89. The zero-order valence-electron chi connectivity index (χ0n) is 10.5. The summed E-state index contributed by atoms with van der Waals surface area (Å²) >= 11 is 0. The maximum absolute atomic E-state index is 11.8. The molecule has 0 aliphatic rings. The van der Waals surface area contributed by atoms with Crippen LogP contribution in [0.25, 0.3) is 11.0 Å². The molecule has 1 heterocycles. The van der Waals surface area contributed by atoms with Gasteiger partial charge in [0, 0.05) is 0 Å². The summed E-state index contributed by atoms with van der Waals surface area (Å²) < 4.78 is 5.14. The Hall–Kier alpha value is -2.95. The van der Waals surface area contributed by atoms with E-state index in [0.29, 0.717) is 11.0 Å². The van der Waals surface area contributed by atoms with E-state index in [4.69, 9.17) is 4.42 Å². The summed E-state index contributed by atoms with van der Waals surface area (Å²) in [7, 11) is 0. The topological polar surface area (TPSA) is 74.5 Å². The Labute approximate surface area is 114 Å². The van der Waals surface area contributed by atoms with E-state index in [2.05, 4.69) is 10.9 Å². The van der Waals surface area contributed by atoms with Gasteiger partial charge in [0.2, 0.25) is 0 Å². The first-order valence-corrected chi connectivity index (χ1v) is 6.07. The molecule has 5 heteroatoms. The molecular weight excluding hydrogens is 256 g/mol. The smallest absolute Gasteiger partial charge is 0.365 e. The van der Waals surface area contributed by atoms with Crippen molar-refractivity contribution in [2.45, 2.75) is 0 Å². The average Bonchev–Trinajstić information content (AvgIpc) is 2.48. The predicted molar refractivity (Wildman–Crippen MR) is 77.8 cm³/mol. The quantitative estimate of drug-likeness (QED) is 0.503. The number of hydrazine groups is 1. The Morgan fingerprint density at radius 2 is 1.60 bits per heavy atom. The Bertz CT molecular complexity index is 797. The van der Waals surface area contributed by atoms with Gasteiger partial charge in [0.05, 0.1) is 11.1 Å². The van der Waals surface area contributed by atoms with E-state index >= 15 is 0 Å². The summed E-state index contributed by atoms with van der Waals surface area (Å²) in [4.78, 5) is 11.8. The molecule has 3 aromatic rings. The molecule has 0 saturated heterocycles. The largest absolute Gasteiger partial charge is 0.505 e. The van der Waals surface area contributed by atoms with Gasteiger partial charge in [-0.2, -0.15) is 0 Å². The van der Waals surface area contributed by atoms with Gasteiger partial charge in [-0.3, -0.25) is 5.43 Å². The molecule has 5 nitrogen and oxygen atoms in total. The number of rotatable bonds is 3. The van der Waals surface area contributed by atoms with Crippen LogP contribution in [0.15, 0.2) is 63.8 Å². The standard InChI is InChI=1S/C15H12N2O3/c18-14-11-8-4-5-9-12(11)20-15(19)13(14)17-16-10-6-2-1-3-7-10/h1-9,16-18H. The lowest BCUT2D eigenvalue weighted by molar-refractivity contribution is 0.471. The molecule has 0 atom stereocenters. The SMILES string of the molecule is O=c1oc2ccccc2c(O)c1NNc1ccccc1. The average molecular weight is 268 g/mol. The van der Waals surface area contributed by atoms with E-state index in [0.717, 1.165) is 5.69 Å². The van der Waals surface area contributed by atoms with E-state index in [-0.39, 0.29) is 11.4 Å². The van der Waals surface area contributed by atoms with E-state index in [1.165, 1.54) is 0 Å². The molecular formula is C15H12N2O3. The first-order valence-electron chi connectivity index (χ1n) is 6.07. The van der Waals surface area contributed by atoms with Gasteiger partial charge >= 0.3 is 5.63 Å². The Morgan fingerprint density at radius 1 is 0.900 bits per heavy atom. The second-order valence-electron chi connectivity index (χ2n) is 4.23. The lowest BCUT2D eigenvalue weighted by atomic mass is 10.2. The number of nitrogens with one attached hydrogen (secondary N) is 2. The lowest BCUT2D eigenvalue weighted by Gasteiger charge is -2.10. The normalized spacial score (nSPS) is 10.4. The Morgan fingerprint density at radius 3 is 2.40 bits per heavy atom. The maximum Gasteiger partial charge on any atom is 0.365 e. The molecule has 0 aliphatic carbocycles. The van der Waals surface area contributed by atoms with Crippen LogP contribution in [0, 0.1) is 0 Å². The van der Waals surface area contributed by atoms with Gasteiger partial charge in [-0.05, 0) is 24.3 Å². The number of para-hydroxylation sites is 2. The van der Waals surface area contributed by atoms with E-state index in [9.17, 15) is 9.90 Å². The van der Waals surface area contributed by atoms with E-state index < -0.39 is 5.63 Å². The minimum Gasteiger partial charge on any atom is -0.505 e. The van der Waals surface area contributed by atoms with Crippen LogP contribution in [-0.4, -0.2) is 5.11 Å². The van der Waals surface area contributed by atoms with Gasteiger partial charge in [-0.15, -0.1) is 0 Å². The van der Waals surface area contributed by atoms with E-state index in [1.807, 2.05) is 30.3 Å². The summed E-state index contributed by atoms with van der Waals surface area (Å²) in [6.45, 7) is 0. The number of benzene rings is 2. The molecule has 0 spiro atoms. The number of fused-ring (bicyclic) bond motifs is 1. The zero-order valence-corrected chi connectivity index (χ0v) is 10.5. The monoisotopic (exact) mass is 268 g/mol. The van der Waals surface area contributed by atoms with Crippen molar-refractivity contribution < 1.29 is 9.52 Å². The van der Waals surface area contributed by atoms with Crippen molar-refractivity contribution in [3.05, 3.63) is 65.0 Å². The number of hydrogen-bond donors (Lipinski definition) is 3. The van der Waals surface area contributed by atoms with Gasteiger partial charge in [0.1, 0.15) is 5.58 Å². The van der Waals surface area contributed by atoms with Crippen LogP contribution in [-0.2, 0) is 0 Å². The Kier molecular flexibility index (Phi) is 3.01. The maximum atomic E-state index is 11.8. The third kappa shape index (κ3) is 2.16. The highest BCUT2D eigenvalue weighted by molar-refractivity contribution is 5.88. The molecule has 0 radical (unpaired) electrons. The molecule has 0 aliphatic heterocycles. The fourth-order valence-corrected chi connectivity index (χ4v) is 1.90. The summed E-state index contributed by atoms with van der Waals surface area (Å²) in [6, 6.07) is 16.1. The molecule has 0 saturated carbocycles. The Balaban J connectivity index is 1.97. The van der Waals surface area contributed by atoms with Crippen molar-refractivity contribution in [3.63, 3.8) is 0 Å². The third-order valence-electron chi connectivity index (χ3n) is 2.89. The van der Waals surface area contributed by atoms with Gasteiger partial charge in [-0.1, -0.05) is 30.3 Å². The van der Waals surface area contributed by atoms with Crippen LogP contribution >= 0.6 is 0 Å². The summed E-state index contributed by atoms with van der Waals surface area (Å²) in [5, 5.41) is 10.6. The van der Waals surface area contributed by atoms with Gasteiger partial charge in [0.15, 0.2) is 11.4 Å². The van der Waals surface area contributed by atoms with Crippen LogP contribution in [0.2, 0.25) is 0 Å². The van der Waals surface area contributed by atoms with Crippen molar-refractivity contribution in [3.8, 4) is 5.75 Å². The van der Waals surface area contributed by atoms with Crippen LogP contribution in [0.4, 0.5) is 11.4 Å². The number of anilines is 2. The first-order chi connectivity index (χ1) is 9.75. The van der Waals surface area contributed by atoms with Gasteiger partial charge in [0.25, 0.3) is 0 Å². The highest BCUT2D eigenvalue weighted by atomic mass is 16.4. The molecule has 0 bridgehead atoms. The molecule has 3 N–H and O–H groups in total. The molecule has 0 fully saturated rings. The fourth-order valence-electron chi connectivity index (χ4n) is 1.90. The van der Waals surface area contributed by atoms with Crippen LogP contribution in [0.1, 0.15) is 0 Å². The summed E-state index contributed by atoms with van der Waals surface area (Å²) in [5.41, 5.74) is 5.98. The molecule has 0 unspecified atom stereocenters. The number of aromatic hydroxyl groups is 1. The minimum atomic E-state index is -0.635. The van der Waals surface area contributed by atoms with Gasteiger partial charge in [-0.25, -0.2) is 4.79 Å². The minimum absolute atomic E-state index is 0.0208. The fraction of sp³-hybridized carbons (Fsp3) is 0. The van der Waals surface area contributed by atoms with Crippen LogP contribution in [0.5, 0.6) is 5.75 Å². The number of hydrogen-bond acceptors (Lipinski definition) is 5. The van der Waals surface area contributed by atoms with E-state index in [1.54, 1.807) is 24.3 Å². The zero-order chi connectivity index (χ0) is 13.9. The molecule has 2 aromatic carbocycles. The highest BCUT2D eigenvalue weighted by Crippen LogP contribution is 2.29. The summed E-state index contributed by atoms with van der Waals surface area (Å²) in [5.74, 6) is -0.139. The van der Waals surface area contributed by atoms with Crippen molar-refractivity contribution in [2.24, 2.45) is 0 Å². The highest BCUT2D eigenvalue weighted by Gasteiger charge is 2.13. The van der Waals surface area contributed by atoms with Crippen LogP contribution in [0.3, 0.4) is 0 Å². The van der Waals surface area contributed by atoms with Crippen LogP contribution < -0.4 is 16.5 Å². The second-order valence-corrected chi connectivity index (χ2v) is 4.23. The lowest BCUT2D eigenvalue weighted by Crippen LogP contribution is -2.16. The van der Waals surface area contributed by atoms with Crippen molar-refractivity contribution in [1.82, 2.24) is 0 Å². The van der Waals surface area contributed by atoms with Gasteiger partial charge < -0.3 is 14.9 Å². The first kappa shape index (κ1) is 12.1. The van der Waals surface area contributed by atoms with Crippen molar-refractivity contribution in [2.75, 3.05) is 10.9 Å².